The summed E-state index contributed by atoms with van der Waals surface area (Å²) in [6.45, 7) is 14.2. The Bertz CT molecular complexity index is 924. The van der Waals surface area contributed by atoms with E-state index >= 15 is 0 Å². The summed E-state index contributed by atoms with van der Waals surface area (Å²) in [6.07, 6.45) is 5.72. The van der Waals surface area contributed by atoms with Gasteiger partial charge in [-0.3, -0.25) is 4.79 Å². The Hall–Kier alpha value is -1.66. The van der Waals surface area contributed by atoms with E-state index in [1.165, 1.54) is 6.92 Å². The third-order valence-corrected chi connectivity index (χ3v) is 11.2. The molecule has 0 saturated heterocycles. The van der Waals surface area contributed by atoms with Gasteiger partial charge in [-0.25, -0.2) is 4.79 Å². The van der Waals surface area contributed by atoms with Gasteiger partial charge in [0, 0.05) is 12.5 Å². The molecule has 0 radical (unpaired) electrons. The van der Waals surface area contributed by atoms with Crippen molar-refractivity contribution >= 4 is 11.9 Å². The van der Waals surface area contributed by atoms with E-state index in [1.807, 2.05) is 0 Å². The number of fused-ring (bicyclic) bond motifs is 5. The predicted molar refractivity (Wildman–Crippen MR) is 133 cm³/mol. The molecule has 6 heteroatoms. The molecule has 196 valence electrons. The number of aliphatic carboxylic acids is 1. The normalized spacial score (nSPS) is 48.3. The average molecular weight is 489 g/mol. The van der Waals surface area contributed by atoms with E-state index < -0.39 is 24.1 Å². The second-order valence-electron chi connectivity index (χ2n) is 12.7. The van der Waals surface area contributed by atoms with Crippen LogP contribution in [0.5, 0.6) is 0 Å². The number of carbonyl (C=O) groups is 2. The van der Waals surface area contributed by atoms with Crippen LogP contribution < -0.4 is 0 Å². The van der Waals surface area contributed by atoms with E-state index in [-0.39, 0.29) is 40.1 Å². The fourth-order valence-corrected chi connectivity index (χ4v) is 9.53. The van der Waals surface area contributed by atoms with Crippen molar-refractivity contribution in [2.45, 2.75) is 104 Å². The molecule has 0 bridgehead atoms. The number of hydrogen-bond donors (Lipinski definition) is 3. The first-order chi connectivity index (χ1) is 16.3. The number of aliphatic hydroxyl groups excluding tert-OH is 2. The first-order valence-electron chi connectivity index (χ1n) is 13.4. The minimum atomic E-state index is -0.976. The molecule has 4 aliphatic rings. The second kappa shape index (κ2) is 9.02. The maximum Gasteiger partial charge on any atom is 0.331 e. The summed E-state index contributed by atoms with van der Waals surface area (Å²) in [6, 6.07) is 0. The molecule has 0 heterocycles. The lowest BCUT2D eigenvalue weighted by Gasteiger charge is -2.69. The van der Waals surface area contributed by atoms with E-state index in [1.54, 1.807) is 6.08 Å². The van der Waals surface area contributed by atoms with Gasteiger partial charge in [0.25, 0.3) is 0 Å². The number of rotatable bonds is 5. The minimum Gasteiger partial charge on any atom is -0.478 e. The number of carbonyl (C=O) groups excluding carboxylic acids is 1. The van der Waals surface area contributed by atoms with Crippen LogP contribution in [0.25, 0.3) is 0 Å². The first kappa shape index (κ1) is 26.4. The lowest BCUT2D eigenvalue weighted by molar-refractivity contribution is -0.234. The minimum absolute atomic E-state index is 0.0451. The van der Waals surface area contributed by atoms with Crippen LogP contribution in [0.3, 0.4) is 0 Å². The molecule has 0 spiro atoms. The number of hydrogen-bond acceptors (Lipinski definition) is 5. The number of carboxylic acids is 1. The molecule has 3 N–H and O–H groups in total. The van der Waals surface area contributed by atoms with Gasteiger partial charge < -0.3 is 20.1 Å². The van der Waals surface area contributed by atoms with Gasteiger partial charge in [0.05, 0.1) is 12.2 Å². The van der Waals surface area contributed by atoms with Gasteiger partial charge in [-0.1, -0.05) is 33.8 Å². The van der Waals surface area contributed by atoms with Gasteiger partial charge in [-0.05, 0) is 96.9 Å². The van der Waals surface area contributed by atoms with Crippen molar-refractivity contribution in [3.05, 3.63) is 23.8 Å². The van der Waals surface area contributed by atoms with Crippen LogP contribution in [0.2, 0.25) is 0 Å². The Morgan fingerprint density at radius 3 is 2.40 bits per heavy atom. The Balaban J connectivity index is 1.84. The highest BCUT2D eigenvalue weighted by Crippen LogP contribution is 2.74. The monoisotopic (exact) mass is 488 g/mol. The van der Waals surface area contributed by atoms with E-state index in [9.17, 15) is 24.9 Å². The fourth-order valence-electron chi connectivity index (χ4n) is 9.53. The van der Waals surface area contributed by atoms with Gasteiger partial charge >= 0.3 is 11.9 Å². The molecule has 4 rings (SSSR count). The Labute approximate surface area is 209 Å². The summed E-state index contributed by atoms with van der Waals surface area (Å²) in [5.74, 6) is -0.954. The van der Waals surface area contributed by atoms with Crippen molar-refractivity contribution in [2.24, 2.45) is 39.9 Å². The Kier molecular flexibility index (Phi) is 6.81. The quantitative estimate of drug-likeness (QED) is 0.289. The number of carboxylic acid groups (broad SMARTS) is 1. The van der Waals surface area contributed by atoms with E-state index in [4.69, 9.17) is 4.74 Å². The first-order valence-corrected chi connectivity index (χ1v) is 13.4. The zero-order valence-corrected chi connectivity index (χ0v) is 22.0. The number of allylic oxidation sites excluding steroid dienone is 1. The highest BCUT2D eigenvalue weighted by molar-refractivity contribution is 5.88. The van der Waals surface area contributed by atoms with E-state index in [0.717, 1.165) is 25.7 Å². The largest absolute Gasteiger partial charge is 0.478 e. The molecule has 6 nitrogen and oxygen atoms in total. The maximum absolute atomic E-state index is 12.4. The molecule has 4 saturated carbocycles. The van der Waals surface area contributed by atoms with Crippen molar-refractivity contribution in [3.8, 4) is 0 Å². The molecule has 35 heavy (non-hydrogen) atoms. The van der Waals surface area contributed by atoms with Crippen molar-refractivity contribution in [2.75, 3.05) is 0 Å². The summed E-state index contributed by atoms with van der Waals surface area (Å²) in [5.41, 5.74) is 0.365. The third-order valence-electron chi connectivity index (χ3n) is 11.2. The summed E-state index contributed by atoms with van der Waals surface area (Å²) >= 11 is 0. The molecule has 10 atom stereocenters. The van der Waals surface area contributed by atoms with Crippen LogP contribution in [0, 0.1) is 39.9 Å². The summed E-state index contributed by atoms with van der Waals surface area (Å²) in [7, 11) is 0. The van der Waals surface area contributed by atoms with Crippen molar-refractivity contribution in [1.29, 1.82) is 0 Å². The highest BCUT2D eigenvalue weighted by Gasteiger charge is 2.70. The average Bonchev–Trinajstić information content (AvgIpc) is 3.03. The number of aliphatic hydroxyl groups is 2. The maximum atomic E-state index is 12.4. The number of ether oxygens (including phenoxy) is 1. The van der Waals surface area contributed by atoms with Crippen LogP contribution in [0.1, 0.15) is 86.0 Å². The molecule has 0 aromatic heterocycles. The lowest BCUT2D eigenvalue weighted by Crippen LogP contribution is -2.65. The van der Waals surface area contributed by atoms with Gasteiger partial charge in [-0.2, -0.15) is 0 Å². The Morgan fingerprint density at radius 1 is 1.11 bits per heavy atom. The zero-order chi connectivity index (χ0) is 25.9. The molecule has 4 aliphatic carbocycles. The fraction of sp³-hybridized carbons (Fsp3) is 0.793. The smallest absolute Gasteiger partial charge is 0.331 e. The molecule has 0 amide bonds. The van der Waals surface area contributed by atoms with Crippen LogP contribution in [-0.2, 0) is 14.3 Å². The Morgan fingerprint density at radius 2 is 1.80 bits per heavy atom. The van der Waals surface area contributed by atoms with Gasteiger partial charge in [0.1, 0.15) is 6.10 Å². The van der Waals surface area contributed by atoms with Crippen LogP contribution in [-0.4, -0.2) is 45.6 Å². The van der Waals surface area contributed by atoms with Gasteiger partial charge in [0.15, 0.2) is 0 Å². The van der Waals surface area contributed by atoms with Gasteiger partial charge in [-0.15, -0.1) is 6.58 Å². The molecule has 0 aliphatic heterocycles. The zero-order valence-electron chi connectivity index (χ0n) is 22.0. The summed E-state index contributed by atoms with van der Waals surface area (Å²) in [4.78, 5) is 24.5. The van der Waals surface area contributed by atoms with E-state index in [2.05, 4.69) is 34.3 Å². The lowest BCUT2D eigenvalue weighted by atomic mass is 9.36. The van der Waals surface area contributed by atoms with Crippen LogP contribution in [0.15, 0.2) is 23.8 Å². The molecule has 0 aromatic carbocycles. The molecule has 4 fully saturated rings. The summed E-state index contributed by atoms with van der Waals surface area (Å²) < 4.78 is 5.81. The van der Waals surface area contributed by atoms with Gasteiger partial charge in [0.2, 0.25) is 0 Å². The van der Waals surface area contributed by atoms with Crippen molar-refractivity contribution < 1.29 is 29.6 Å². The predicted octanol–water partition coefficient (Wildman–Crippen LogP) is 4.89. The van der Waals surface area contributed by atoms with Crippen molar-refractivity contribution in [1.82, 2.24) is 0 Å². The molecular formula is C29H44O6. The highest BCUT2D eigenvalue weighted by atomic mass is 16.5. The van der Waals surface area contributed by atoms with E-state index in [0.29, 0.717) is 42.7 Å². The van der Waals surface area contributed by atoms with Crippen LogP contribution in [0.4, 0.5) is 0 Å². The molecule has 0 unspecified atom stereocenters. The standard InChI is InChI=1S/C29H44O6/c1-7-8-9-18(26(33)34)24-20-14-22(32)25-27(4)12-11-21(31)16(2)19(27)10-13-28(25,5)29(20,6)15-23(24)35-17(3)30/h7,16,19-23,25,31-32H,1,8-15H2,2-6H3,(H,33,34)/b24-18-/t16-,19-,20-,21+,22+,23-,25-,27-,28-,29-/m0/s1. The van der Waals surface area contributed by atoms with Crippen LogP contribution >= 0.6 is 0 Å². The SMILES string of the molecule is C=CCC/C(C(=O)O)=C1/[C@@H](OC(C)=O)C[C@@]2(C)[C@H]1C[C@@H](O)[C@H]1[C@@]3(C)CC[C@@H](O)[C@@H](C)[C@@H]3CC[C@@]12C. The topological polar surface area (TPSA) is 104 Å². The summed E-state index contributed by atoms with van der Waals surface area (Å²) in [5, 5.41) is 32.6. The molecule has 0 aromatic rings. The molecular weight excluding hydrogens is 444 g/mol. The second-order valence-corrected chi connectivity index (χ2v) is 12.7. The third kappa shape index (κ3) is 3.81. The number of esters is 1. The van der Waals surface area contributed by atoms with Crippen molar-refractivity contribution in [3.63, 3.8) is 0 Å².